The summed E-state index contributed by atoms with van der Waals surface area (Å²) in [7, 11) is 5.19. The first-order valence-electron chi connectivity index (χ1n) is 8.45. The number of esters is 2. The lowest BCUT2D eigenvalue weighted by molar-refractivity contribution is -0.144. The molecule has 0 atom stereocenters. The summed E-state index contributed by atoms with van der Waals surface area (Å²) in [5, 5.41) is 8.71. The highest BCUT2D eigenvalue weighted by Gasteiger charge is 2.06. The molecule has 0 fully saturated rings. The van der Waals surface area contributed by atoms with Crippen molar-refractivity contribution in [3.63, 3.8) is 0 Å². The molecule has 0 saturated carbocycles. The zero-order valence-corrected chi connectivity index (χ0v) is 16.5. The van der Waals surface area contributed by atoms with E-state index in [2.05, 4.69) is 4.90 Å². The van der Waals surface area contributed by atoms with Crippen LogP contribution in [-0.2, 0) is 19.1 Å². The maximum Gasteiger partial charge on any atom is 0.307 e. The number of aliphatic hydroxyl groups excluding tert-OH is 1. The van der Waals surface area contributed by atoms with Crippen LogP contribution in [0.1, 0.15) is 39.0 Å². The molecular formula is C16H31NO5S2. The number of nitrogens with zero attached hydrogens (tertiary/aromatic N) is 1. The molecule has 6 nitrogen and oxygen atoms in total. The monoisotopic (exact) mass is 381 g/mol. The standard InChI is InChI=1S/C16H31NO5S2/c1-3-6-15(19)21-11-13-23-24-14-12-22-16(20)7-9-17(2)8-4-5-10-18/h18H,3-14H2,1-2H3. The zero-order valence-electron chi connectivity index (χ0n) is 14.8. The SMILES string of the molecule is CCCC(=O)OCCSSCCOC(=O)CCN(C)CCCCO. The number of carbonyl (C=O) groups excluding carboxylic acids is 2. The minimum Gasteiger partial charge on any atom is -0.465 e. The first-order valence-corrected chi connectivity index (χ1v) is 10.9. The van der Waals surface area contributed by atoms with Gasteiger partial charge >= 0.3 is 11.9 Å². The van der Waals surface area contributed by atoms with Gasteiger partial charge in [0.2, 0.25) is 0 Å². The molecule has 0 aliphatic rings. The molecule has 0 amide bonds. The molecule has 142 valence electrons. The van der Waals surface area contributed by atoms with Gasteiger partial charge in [0.05, 0.1) is 6.42 Å². The molecule has 0 aliphatic heterocycles. The Balaban J connectivity index is 3.35. The van der Waals surface area contributed by atoms with Crippen molar-refractivity contribution < 1.29 is 24.2 Å². The minimum atomic E-state index is -0.178. The molecule has 0 saturated heterocycles. The van der Waals surface area contributed by atoms with E-state index in [4.69, 9.17) is 14.6 Å². The van der Waals surface area contributed by atoms with Crippen molar-refractivity contribution in [3.05, 3.63) is 0 Å². The second-order valence-electron chi connectivity index (χ2n) is 5.32. The second kappa shape index (κ2) is 17.4. The zero-order chi connectivity index (χ0) is 18.0. The maximum absolute atomic E-state index is 11.6. The summed E-state index contributed by atoms with van der Waals surface area (Å²) in [6.45, 7) is 4.55. The van der Waals surface area contributed by atoms with E-state index in [1.165, 1.54) is 0 Å². The molecule has 0 aromatic rings. The predicted octanol–water partition coefficient (Wildman–Crippen LogP) is 2.35. The molecular weight excluding hydrogens is 350 g/mol. The summed E-state index contributed by atoms with van der Waals surface area (Å²) in [6, 6.07) is 0. The Labute approximate surface area is 153 Å². The molecule has 0 spiro atoms. The predicted molar refractivity (Wildman–Crippen MR) is 100 cm³/mol. The average Bonchev–Trinajstić information content (AvgIpc) is 2.56. The average molecular weight is 382 g/mol. The van der Waals surface area contributed by atoms with Crippen LogP contribution >= 0.6 is 21.6 Å². The van der Waals surface area contributed by atoms with Crippen molar-refractivity contribution in [3.8, 4) is 0 Å². The van der Waals surface area contributed by atoms with E-state index < -0.39 is 0 Å². The van der Waals surface area contributed by atoms with Crippen molar-refractivity contribution in [2.75, 3.05) is 51.5 Å². The lowest BCUT2D eigenvalue weighted by Crippen LogP contribution is -2.24. The Morgan fingerprint density at radius 3 is 2.08 bits per heavy atom. The van der Waals surface area contributed by atoms with Crippen LogP contribution < -0.4 is 0 Å². The van der Waals surface area contributed by atoms with E-state index in [1.54, 1.807) is 21.6 Å². The van der Waals surface area contributed by atoms with Crippen LogP contribution in [-0.4, -0.2) is 73.4 Å². The fourth-order valence-corrected chi connectivity index (χ4v) is 3.39. The molecule has 0 aliphatic carbocycles. The van der Waals surface area contributed by atoms with Crippen LogP contribution in [0.25, 0.3) is 0 Å². The molecule has 0 unspecified atom stereocenters. The summed E-state index contributed by atoms with van der Waals surface area (Å²) in [6.07, 6.45) is 3.40. The summed E-state index contributed by atoms with van der Waals surface area (Å²) in [5.41, 5.74) is 0. The molecule has 0 radical (unpaired) electrons. The molecule has 0 aromatic carbocycles. The smallest absolute Gasteiger partial charge is 0.307 e. The van der Waals surface area contributed by atoms with Gasteiger partial charge in [-0.1, -0.05) is 28.5 Å². The van der Waals surface area contributed by atoms with Gasteiger partial charge < -0.3 is 19.5 Å². The Kier molecular flexibility index (Phi) is 17.1. The first-order chi connectivity index (χ1) is 11.6. The maximum atomic E-state index is 11.6. The largest absolute Gasteiger partial charge is 0.465 e. The number of carbonyl (C=O) groups is 2. The van der Waals surface area contributed by atoms with Gasteiger partial charge in [-0.25, -0.2) is 0 Å². The lowest BCUT2D eigenvalue weighted by Gasteiger charge is -2.15. The molecule has 0 bridgehead atoms. The highest BCUT2D eigenvalue weighted by atomic mass is 33.1. The van der Waals surface area contributed by atoms with Gasteiger partial charge in [-0.3, -0.25) is 9.59 Å². The molecule has 0 aromatic heterocycles. The Hall–Kier alpha value is -0.440. The number of unbranched alkanes of at least 4 members (excludes halogenated alkanes) is 1. The highest BCUT2D eigenvalue weighted by molar-refractivity contribution is 8.76. The summed E-state index contributed by atoms with van der Waals surface area (Å²) >= 11 is 0. The fraction of sp³-hybridized carbons (Fsp3) is 0.875. The van der Waals surface area contributed by atoms with Gasteiger partial charge in [0.1, 0.15) is 13.2 Å². The fourth-order valence-electron chi connectivity index (χ4n) is 1.73. The third-order valence-corrected chi connectivity index (χ3v) is 5.38. The van der Waals surface area contributed by atoms with E-state index in [0.29, 0.717) is 32.6 Å². The minimum absolute atomic E-state index is 0.140. The third kappa shape index (κ3) is 16.4. The van der Waals surface area contributed by atoms with Crippen molar-refractivity contribution >= 4 is 33.5 Å². The highest BCUT2D eigenvalue weighted by Crippen LogP contribution is 2.20. The Morgan fingerprint density at radius 2 is 1.54 bits per heavy atom. The Bertz CT molecular complexity index is 332. The van der Waals surface area contributed by atoms with Crippen molar-refractivity contribution in [1.82, 2.24) is 4.90 Å². The van der Waals surface area contributed by atoms with Crippen LogP contribution in [0.15, 0.2) is 0 Å². The lowest BCUT2D eigenvalue weighted by atomic mass is 10.3. The van der Waals surface area contributed by atoms with Gasteiger partial charge in [0.15, 0.2) is 0 Å². The second-order valence-corrected chi connectivity index (χ2v) is 8.02. The summed E-state index contributed by atoms with van der Waals surface area (Å²) < 4.78 is 10.2. The number of hydrogen-bond acceptors (Lipinski definition) is 8. The Morgan fingerprint density at radius 1 is 0.958 bits per heavy atom. The van der Waals surface area contributed by atoms with Crippen LogP contribution in [0.5, 0.6) is 0 Å². The van der Waals surface area contributed by atoms with E-state index in [-0.39, 0.29) is 18.5 Å². The van der Waals surface area contributed by atoms with Crippen LogP contribution in [0, 0.1) is 0 Å². The quantitative estimate of drug-likeness (QED) is 0.248. The molecule has 1 N–H and O–H groups in total. The number of rotatable bonds is 16. The van der Waals surface area contributed by atoms with Crippen molar-refractivity contribution in [2.24, 2.45) is 0 Å². The van der Waals surface area contributed by atoms with Gasteiger partial charge in [-0.2, -0.15) is 0 Å². The number of ether oxygens (including phenoxy) is 2. The summed E-state index contributed by atoms with van der Waals surface area (Å²) in [5.74, 6) is 1.15. The van der Waals surface area contributed by atoms with Gasteiger partial charge in [-0.05, 0) is 32.9 Å². The normalized spacial score (nSPS) is 10.8. The van der Waals surface area contributed by atoms with Gasteiger partial charge in [-0.15, -0.1) is 0 Å². The number of hydrogen-bond donors (Lipinski definition) is 1. The van der Waals surface area contributed by atoms with E-state index in [1.807, 2.05) is 14.0 Å². The molecule has 24 heavy (non-hydrogen) atoms. The first kappa shape index (κ1) is 23.6. The summed E-state index contributed by atoms with van der Waals surface area (Å²) in [4.78, 5) is 24.8. The van der Waals surface area contributed by atoms with Crippen molar-refractivity contribution in [1.29, 1.82) is 0 Å². The topological polar surface area (TPSA) is 76.1 Å². The molecule has 8 heteroatoms. The van der Waals surface area contributed by atoms with Crippen LogP contribution in [0.3, 0.4) is 0 Å². The van der Waals surface area contributed by atoms with Crippen LogP contribution in [0.4, 0.5) is 0 Å². The van der Waals surface area contributed by atoms with Crippen LogP contribution in [0.2, 0.25) is 0 Å². The van der Waals surface area contributed by atoms with Gasteiger partial charge in [0, 0.05) is 31.1 Å². The van der Waals surface area contributed by atoms with E-state index >= 15 is 0 Å². The third-order valence-electron chi connectivity index (χ3n) is 3.04. The molecule has 0 heterocycles. The van der Waals surface area contributed by atoms with Gasteiger partial charge in [0.25, 0.3) is 0 Å². The molecule has 0 rings (SSSR count). The van der Waals surface area contributed by atoms with Crippen molar-refractivity contribution in [2.45, 2.75) is 39.0 Å². The number of aliphatic hydroxyl groups is 1. The van der Waals surface area contributed by atoms with E-state index in [0.717, 1.165) is 37.3 Å². The van der Waals surface area contributed by atoms with E-state index in [9.17, 15) is 9.59 Å².